The van der Waals surface area contributed by atoms with Crippen molar-refractivity contribution in [1.82, 2.24) is 15.0 Å². The summed E-state index contributed by atoms with van der Waals surface area (Å²) in [6.45, 7) is 20.6. The molecule has 0 spiro atoms. The predicted octanol–water partition coefficient (Wildman–Crippen LogP) is 11.6. The second-order valence-electron chi connectivity index (χ2n) is 13.6. The van der Waals surface area contributed by atoms with Crippen molar-refractivity contribution in [2.75, 3.05) is 0 Å². The second kappa shape index (κ2) is 12.1. The molecule has 0 amide bonds. The first-order valence-electron chi connectivity index (χ1n) is 14.0. The lowest BCUT2D eigenvalue weighted by Gasteiger charge is -2.11. The van der Waals surface area contributed by atoms with Crippen LogP contribution in [0.4, 0.5) is 0 Å². The number of benzene rings is 3. The lowest BCUT2D eigenvalue weighted by atomic mass is 9.97. The smallest absolute Gasteiger partial charge is 0.200 e. The van der Waals surface area contributed by atoms with Gasteiger partial charge in [-0.2, -0.15) is 0 Å². The monoisotopic (exact) mass is 641 g/mol. The molecule has 0 N–H and O–H groups in total. The summed E-state index contributed by atoms with van der Waals surface area (Å²) in [6.07, 6.45) is 0. The predicted molar refractivity (Wildman–Crippen MR) is 178 cm³/mol. The standard InChI is InChI=1S/C12H14ClNO.C11H11Cl2NO.C11H13NO/c1-7-5-10-9(6-8(7)13)14-11(15-10)12(2,3)4;1-11(2,3)10-14-9-7(13)4-6(12)5-8(9)15-10;1-11(2,3)10-12-8-6-4-5-7-9(8)13-10/h5-6H,1-4H3;4-5H,1-3H3;4-7H,1-3H3. The number of hydrogen-bond acceptors (Lipinski definition) is 6. The molecule has 0 saturated carbocycles. The molecule has 3 heterocycles. The summed E-state index contributed by atoms with van der Waals surface area (Å²) < 4.78 is 16.9. The van der Waals surface area contributed by atoms with E-state index in [1.54, 1.807) is 12.1 Å². The van der Waals surface area contributed by atoms with Crippen LogP contribution in [0.1, 0.15) is 85.5 Å². The number of halogens is 3. The maximum absolute atomic E-state index is 6.03. The SMILES string of the molecule is CC(C)(C)c1nc2c(Cl)cc(Cl)cc2o1.CC(C)(C)c1nc2ccccc2o1.Cc1cc2oc(C(C)(C)C)nc2cc1Cl. The fraction of sp³-hybridized carbons (Fsp3) is 0.382. The summed E-state index contributed by atoms with van der Waals surface area (Å²) in [5.74, 6) is 2.22. The van der Waals surface area contributed by atoms with Crippen LogP contribution in [0.15, 0.2) is 61.8 Å². The molecule has 0 aliphatic heterocycles. The summed E-state index contributed by atoms with van der Waals surface area (Å²) in [7, 11) is 0. The Bertz CT molecular complexity index is 1810. The number of para-hydroxylation sites is 2. The average molecular weight is 643 g/mol. The van der Waals surface area contributed by atoms with Gasteiger partial charge in [-0.3, -0.25) is 0 Å². The van der Waals surface area contributed by atoms with Crippen LogP contribution in [0.5, 0.6) is 0 Å². The fourth-order valence-corrected chi connectivity index (χ4v) is 4.52. The third kappa shape index (κ3) is 7.91. The zero-order valence-corrected chi connectivity index (χ0v) is 28.6. The summed E-state index contributed by atoms with van der Waals surface area (Å²) >= 11 is 17.9. The Kier molecular flexibility index (Phi) is 9.28. The molecule has 9 heteroatoms. The lowest BCUT2D eigenvalue weighted by molar-refractivity contribution is 0.411. The molecule has 0 saturated heterocycles. The van der Waals surface area contributed by atoms with Gasteiger partial charge < -0.3 is 13.3 Å². The highest BCUT2D eigenvalue weighted by atomic mass is 35.5. The van der Waals surface area contributed by atoms with Crippen LogP contribution >= 0.6 is 34.8 Å². The van der Waals surface area contributed by atoms with Crippen molar-refractivity contribution in [1.29, 1.82) is 0 Å². The summed E-state index contributed by atoms with van der Waals surface area (Å²) in [5, 5.41) is 1.82. The Morgan fingerprint density at radius 2 is 1.05 bits per heavy atom. The Balaban J connectivity index is 0.000000148. The maximum atomic E-state index is 6.03. The van der Waals surface area contributed by atoms with Gasteiger partial charge in [-0.15, -0.1) is 0 Å². The van der Waals surface area contributed by atoms with E-state index in [1.165, 1.54) is 0 Å². The number of rotatable bonds is 0. The van der Waals surface area contributed by atoms with Crippen molar-refractivity contribution in [3.05, 3.63) is 86.8 Å². The minimum Gasteiger partial charge on any atom is -0.440 e. The highest BCUT2D eigenvalue weighted by Gasteiger charge is 2.23. The molecule has 0 aliphatic rings. The van der Waals surface area contributed by atoms with Crippen molar-refractivity contribution in [2.24, 2.45) is 0 Å². The third-order valence-electron chi connectivity index (χ3n) is 6.30. The quantitative estimate of drug-likeness (QED) is 0.164. The number of aromatic nitrogens is 3. The van der Waals surface area contributed by atoms with E-state index in [-0.39, 0.29) is 16.2 Å². The van der Waals surface area contributed by atoms with Crippen molar-refractivity contribution in [2.45, 2.75) is 85.5 Å². The van der Waals surface area contributed by atoms with Crippen molar-refractivity contribution < 1.29 is 13.3 Å². The van der Waals surface area contributed by atoms with E-state index in [2.05, 4.69) is 56.5 Å². The van der Waals surface area contributed by atoms with Crippen molar-refractivity contribution >= 4 is 68.1 Å². The van der Waals surface area contributed by atoms with Gasteiger partial charge in [-0.1, -0.05) is 109 Å². The Hall–Kier alpha value is -3.06. The van der Waals surface area contributed by atoms with Gasteiger partial charge in [0.2, 0.25) is 17.7 Å². The van der Waals surface area contributed by atoms with Crippen LogP contribution in [0, 0.1) is 6.92 Å². The Labute approximate surface area is 267 Å². The number of nitrogens with zero attached hydrogens (tertiary/aromatic N) is 3. The van der Waals surface area contributed by atoms with Gasteiger partial charge in [0.25, 0.3) is 0 Å². The normalized spacial score (nSPS) is 12.3. The Morgan fingerprint density at radius 1 is 0.535 bits per heavy atom. The zero-order valence-electron chi connectivity index (χ0n) is 26.3. The number of aryl methyl sites for hydroxylation is 1. The van der Waals surface area contributed by atoms with Crippen LogP contribution in [-0.4, -0.2) is 15.0 Å². The second-order valence-corrected chi connectivity index (χ2v) is 14.8. The lowest BCUT2D eigenvalue weighted by Crippen LogP contribution is -2.10. The first-order valence-corrected chi connectivity index (χ1v) is 15.2. The van der Waals surface area contributed by atoms with Crippen LogP contribution < -0.4 is 0 Å². The first-order chi connectivity index (χ1) is 19.8. The van der Waals surface area contributed by atoms with Crippen LogP contribution in [0.3, 0.4) is 0 Å². The van der Waals surface area contributed by atoms with Crippen molar-refractivity contribution in [3.63, 3.8) is 0 Å². The molecule has 6 rings (SSSR count). The third-order valence-corrected chi connectivity index (χ3v) is 7.21. The molecule has 3 aromatic heterocycles. The number of oxazole rings is 3. The van der Waals surface area contributed by atoms with Gasteiger partial charge in [-0.05, 0) is 42.8 Å². The average Bonchev–Trinajstić information content (AvgIpc) is 3.61. The molecule has 6 nitrogen and oxygen atoms in total. The highest BCUT2D eigenvalue weighted by Crippen LogP contribution is 2.32. The van der Waals surface area contributed by atoms with E-state index >= 15 is 0 Å². The van der Waals surface area contributed by atoms with Gasteiger partial charge in [0, 0.05) is 32.4 Å². The van der Waals surface area contributed by atoms with Gasteiger partial charge in [0.1, 0.15) is 16.6 Å². The molecule has 3 aromatic carbocycles. The summed E-state index contributed by atoms with van der Waals surface area (Å²) in [6, 6.07) is 15.0. The Morgan fingerprint density at radius 3 is 1.63 bits per heavy atom. The maximum Gasteiger partial charge on any atom is 0.200 e. The molecule has 0 fully saturated rings. The van der Waals surface area contributed by atoms with E-state index in [0.29, 0.717) is 27.0 Å². The molecule has 228 valence electrons. The van der Waals surface area contributed by atoms with Gasteiger partial charge >= 0.3 is 0 Å². The molecule has 0 bridgehead atoms. The number of fused-ring (bicyclic) bond motifs is 3. The van der Waals surface area contributed by atoms with Crippen LogP contribution in [0.25, 0.3) is 33.3 Å². The minimum atomic E-state index is -0.130. The van der Waals surface area contributed by atoms with E-state index < -0.39 is 0 Å². The molecule has 6 aromatic rings. The molecule has 0 aliphatic carbocycles. The van der Waals surface area contributed by atoms with Gasteiger partial charge in [0.15, 0.2) is 16.7 Å². The van der Waals surface area contributed by atoms with Gasteiger partial charge in [-0.25, -0.2) is 15.0 Å². The first kappa shape index (κ1) is 32.8. The molecular formula is C34H38Cl3N3O3. The van der Waals surface area contributed by atoms with E-state index in [9.17, 15) is 0 Å². The molecule has 0 atom stereocenters. The van der Waals surface area contributed by atoms with E-state index in [1.807, 2.05) is 64.1 Å². The molecule has 0 unspecified atom stereocenters. The minimum absolute atomic E-state index is 0.0149. The largest absolute Gasteiger partial charge is 0.440 e. The van der Waals surface area contributed by atoms with Crippen LogP contribution in [-0.2, 0) is 16.2 Å². The van der Waals surface area contributed by atoms with Crippen molar-refractivity contribution in [3.8, 4) is 0 Å². The molecule has 43 heavy (non-hydrogen) atoms. The van der Waals surface area contributed by atoms with Crippen LogP contribution in [0.2, 0.25) is 15.1 Å². The molecule has 0 radical (unpaired) electrons. The zero-order chi connectivity index (χ0) is 31.9. The van der Waals surface area contributed by atoms with Gasteiger partial charge in [0.05, 0.1) is 5.02 Å². The topological polar surface area (TPSA) is 78.1 Å². The highest BCUT2D eigenvalue weighted by molar-refractivity contribution is 6.38. The molecular weight excluding hydrogens is 605 g/mol. The fourth-order valence-electron chi connectivity index (χ4n) is 3.84. The number of hydrogen-bond donors (Lipinski definition) is 0. The van der Waals surface area contributed by atoms with E-state index in [0.717, 1.165) is 44.6 Å². The summed E-state index contributed by atoms with van der Waals surface area (Å²) in [4.78, 5) is 13.2. The summed E-state index contributed by atoms with van der Waals surface area (Å²) in [5.41, 5.74) is 5.55. The van der Waals surface area contributed by atoms with E-state index in [4.69, 9.17) is 48.1 Å².